The highest BCUT2D eigenvalue weighted by molar-refractivity contribution is 5.99. The Labute approximate surface area is 230 Å². The molecule has 0 heteroatoms. The predicted molar refractivity (Wildman–Crippen MR) is 165 cm³/mol. The van der Waals surface area contributed by atoms with Crippen LogP contribution in [0.4, 0.5) is 0 Å². The van der Waals surface area contributed by atoms with Crippen LogP contribution in [0.15, 0.2) is 109 Å². The molecule has 5 aromatic rings. The van der Waals surface area contributed by atoms with Gasteiger partial charge in [0.15, 0.2) is 0 Å². The Morgan fingerprint density at radius 1 is 0.462 bits per heavy atom. The van der Waals surface area contributed by atoms with Crippen LogP contribution in [0.3, 0.4) is 0 Å². The summed E-state index contributed by atoms with van der Waals surface area (Å²) in [7, 11) is 0. The van der Waals surface area contributed by atoms with Gasteiger partial charge in [0.1, 0.15) is 0 Å². The first-order chi connectivity index (χ1) is 19.3. The van der Waals surface area contributed by atoms with E-state index in [2.05, 4.69) is 121 Å². The SMILES string of the molecule is C(=C1[C@H]2CC[C@@H]1C1C2[C@H]2C[C@@H]1c1cc3cc4ccccc4cc3cc12)c1ccc(/C=C/c2ccccc2)cc1. The van der Waals surface area contributed by atoms with Gasteiger partial charge in [-0.2, -0.15) is 0 Å². The van der Waals surface area contributed by atoms with Gasteiger partial charge in [0.05, 0.1) is 0 Å². The van der Waals surface area contributed by atoms with Gasteiger partial charge in [-0.25, -0.2) is 0 Å². The molecule has 3 saturated carbocycles. The maximum atomic E-state index is 2.58. The molecule has 0 aromatic heterocycles. The predicted octanol–water partition coefficient (Wildman–Crippen LogP) is 10.1. The number of allylic oxidation sites excluding steroid dienone is 1. The second-order valence-corrected chi connectivity index (χ2v) is 12.5. The van der Waals surface area contributed by atoms with Gasteiger partial charge in [0, 0.05) is 0 Å². The molecule has 0 N–H and O–H groups in total. The Morgan fingerprint density at radius 3 is 1.56 bits per heavy atom. The Bertz CT molecular complexity index is 1720. The smallest absolute Gasteiger partial charge is 0.0116 e. The highest BCUT2D eigenvalue weighted by Gasteiger charge is 2.63. The normalized spacial score (nSPS) is 29.2. The van der Waals surface area contributed by atoms with Gasteiger partial charge in [-0.1, -0.05) is 115 Å². The monoisotopic (exact) mass is 500 g/mol. The van der Waals surface area contributed by atoms with E-state index in [9.17, 15) is 0 Å². The third-order valence-electron chi connectivity index (χ3n) is 10.7. The number of fused-ring (bicyclic) bond motifs is 14. The molecular weight excluding hydrogens is 468 g/mol. The van der Waals surface area contributed by atoms with Gasteiger partial charge >= 0.3 is 0 Å². The molecule has 3 fully saturated rings. The average molecular weight is 501 g/mol. The summed E-state index contributed by atoms with van der Waals surface area (Å²) in [5.74, 6) is 4.81. The first-order valence-electron chi connectivity index (χ1n) is 14.8. The molecule has 0 nitrogen and oxygen atoms in total. The Balaban J connectivity index is 1.03. The van der Waals surface area contributed by atoms with Crippen LogP contribution in [-0.4, -0.2) is 0 Å². The molecule has 2 unspecified atom stereocenters. The summed E-state index contributed by atoms with van der Waals surface area (Å²) in [6.07, 6.45) is 11.2. The van der Waals surface area contributed by atoms with Gasteiger partial charge in [-0.15, -0.1) is 0 Å². The van der Waals surface area contributed by atoms with E-state index in [1.165, 1.54) is 57.5 Å². The molecule has 5 aromatic carbocycles. The Kier molecular flexibility index (Phi) is 4.67. The van der Waals surface area contributed by atoms with Crippen LogP contribution < -0.4 is 0 Å². The zero-order valence-corrected chi connectivity index (χ0v) is 22.1. The Morgan fingerprint density at radius 2 is 0.974 bits per heavy atom. The molecule has 4 bridgehead atoms. The van der Waals surface area contributed by atoms with E-state index in [0.717, 1.165) is 35.5 Å². The first kappa shape index (κ1) is 22.0. The van der Waals surface area contributed by atoms with Crippen molar-refractivity contribution in [3.63, 3.8) is 0 Å². The quantitative estimate of drug-likeness (QED) is 0.131. The van der Waals surface area contributed by atoms with E-state index in [-0.39, 0.29) is 0 Å². The summed E-state index contributed by atoms with van der Waals surface area (Å²) in [6.45, 7) is 0. The molecule has 4 aliphatic rings. The van der Waals surface area contributed by atoms with Crippen LogP contribution in [0.5, 0.6) is 0 Å². The van der Waals surface area contributed by atoms with E-state index in [0.29, 0.717) is 0 Å². The maximum absolute atomic E-state index is 2.58. The van der Waals surface area contributed by atoms with Crippen LogP contribution in [0.2, 0.25) is 0 Å². The lowest BCUT2D eigenvalue weighted by atomic mass is 9.68. The standard InChI is InChI=1S/C39H32/c1-2-6-24(7-3-1)10-11-25-12-14-26(15-13-25)18-33-31-16-17-32(33)39-37-23-36(38(31)39)34-21-29-19-27-8-4-5-9-28(27)20-30(29)22-35(34)37/h1-15,18-22,31-32,36-39H,16-17,23H2/b11-10+,33-18?/t31-,32+,36+,37-,38?,39?. The summed E-state index contributed by atoms with van der Waals surface area (Å²) in [6, 6.07) is 38.6. The lowest BCUT2D eigenvalue weighted by Gasteiger charge is -2.35. The molecule has 6 atom stereocenters. The van der Waals surface area contributed by atoms with E-state index in [4.69, 9.17) is 0 Å². The highest BCUT2D eigenvalue weighted by atomic mass is 14.7. The summed E-state index contributed by atoms with van der Waals surface area (Å²) in [5.41, 5.74) is 9.03. The summed E-state index contributed by atoms with van der Waals surface area (Å²) < 4.78 is 0. The molecule has 188 valence electrons. The zero-order valence-electron chi connectivity index (χ0n) is 22.1. The largest absolute Gasteiger partial charge is 0.0628 e. The van der Waals surface area contributed by atoms with Gasteiger partial charge in [-0.05, 0) is 116 Å². The van der Waals surface area contributed by atoms with Crippen molar-refractivity contribution in [2.45, 2.75) is 31.1 Å². The lowest BCUT2D eigenvalue weighted by molar-refractivity contribution is 0.218. The van der Waals surface area contributed by atoms with Crippen molar-refractivity contribution in [3.8, 4) is 0 Å². The zero-order chi connectivity index (χ0) is 25.5. The fourth-order valence-electron chi connectivity index (χ4n) is 9.22. The van der Waals surface area contributed by atoms with Crippen molar-refractivity contribution in [2.75, 3.05) is 0 Å². The van der Waals surface area contributed by atoms with Crippen LogP contribution in [0.1, 0.15) is 58.9 Å². The summed E-state index contributed by atoms with van der Waals surface area (Å²) in [5, 5.41) is 5.57. The van der Waals surface area contributed by atoms with Crippen molar-refractivity contribution in [3.05, 3.63) is 137 Å². The number of hydrogen-bond acceptors (Lipinski definition) is 0. The molecule has 39 heavy (non-hydrogen) atoms. The van der Waals surface area contributed by atoms with Gasteiger partial charge in [0.25, 0.3) is 0 Å². The fourth-order valence-corrected chi connectivity index (χ4v) is 9.22. The highest BCUT2D eigenvalue weighted by Crippen LogP contribution is 2.73. The van der Waals surface area contributed by atoms with Crippen molar-refractivity contribution in [2.24, 2.45) is 23.7 Å². The van der Waals surface area contributed by atoms with E-state index >= 15 is 0 Å². The number of rotatable bonds is 3. The van der Waals surface area contributed by atoms with Crippen molar-refractivity contribution >= 4 is 39.8 Å². The fraction of sp³-hybridized carbons (Fsp3) is 0.231. The summed E-state index contributed by atoms with van der Waals surface area (Å²) >= 11 is 0. The minimum atomic E-state index is 0.759. The molecule has 0 radical (unpaired) electrons. The van der Waals surface area contributed by atoms with E-state index in [1.54, 1.807) is 16.7 Å². The van der Waals surface area contributed by atoms with Crippen LogP contribution in [0, 0.1) is 23.7 Å². The van der Waals surface area contributed by atoms with Gasteiger partial charge < -0.3 is 0 Å². The maximum Gasteiger partial charge on any atom is -0.0116 e. The second-order valence-electron chi connectivity index (χ2n) is 12.5. The molecular formula is C39H32. The molecule has 4 aliphatic carbocycles. The average Bonchev–Trinajstić information content (AvgIpc) is 3.73. The van der Waals surface area contributed by atoms with Gasteiger partial charge in [-0.3, -0.25) is 0 Å². The molecule has 0 amide bonds. The van der Waals surface area contributed by atoms with Gasteiger partial charge in [0.2, 0.25) is 0 Å². The Hall–Kier alpha value is -3.90. The topological polar surface area (TPSA) is 0 Å². The van der Waals surface area contributed by atoms with Crippen molar-refractivity contribution in [1.82, 2.24) is 0 Å². The molecule has 0 spiro atoms. The van der Waals surface area contributed by atoms with Crippen LogP contribution >= 0.6 is 0 Å². The minimum Gasteiger partial charge on any atom is -0.0628 e. The molecule has 0 heterocycles. The van der Waals surface area contributed by atoms with E-state index < -0.39 is 0 Å². The molecule has 9 rings (SSSR count). The third kappa shape index (κ3) is 3.31. The van der Waals surface area contributed by atoms with E-state index in [1.807, 2.05) is 0 Å². The lowest BCUT2D eigenvalue weighted by Crippen LogP contribution is -2.27. The molecule has 0 aliphatic heterocycles. The second kappa shape index (κ2) is 8.30. The number of benzene rings is 5. The third-order valence-corrected chi connectivity index (χ3v) is 10.7. The van der Waals surface area contributed by atoms with Crippen molar-refractivity contribution < 1.29 is 0 Å². The molecule has 0 saturated heterocycles. The van der Waals surface area contributed by atoms with Crippen LogP contribution in [0.25, 0.3) is 39.8 Å². The summed E-state index contributed by atoms with van der Waals surface area (Å²) in [4.78, 5) is 0. The minimum absolute atomic E-state index is 0.759. The van der Waals surface area contributed by atoms with Crippen LogP contribution in [-0.2, 0) is 0 Å². The number of hydrogen-bond donors (Lipinski definition) is 0. The first-order valence-corrected chi connectivity index (χ1v) is 14.8. The van der Waals surface area contributed by atoms with Crippen molar-refractivity contribution in [1.29, 1.82) is 0 Å².